The van der Waals surface area contributed by atoms with Crippen LogP contribution in [-0.4, -0.2) is 47.8 Å². The number of ether oxygens (including phenoxy) is 2. The first kappa shape index (κ1) is 20.5. The molecule has 2 aliphatic heterocycles. The zero-order chi connectivity index (χ0) is 20.1. The van der Waals surface area contributed by atoms with E-state index in [1.165, 1.54) is 23.9 Å². The number of carbonyl (C=O) groups excluding carboxylic acids is 2. The van der Waals surface area contributed by atoms with Crippen molar-refractivity contribution in [3.63, 3.8) is 0 Å². The first-order valence-electron chi connectivity index (χ1n) is 8.58. The first-order valence-corrected chi connectivity index (χ1v) is 9.46. The summed E-state index contributed by atoms with van der Waals surface area (Å²) in [7, 11) is 0. The van der Waals surface area contributed by atoms with E-state index < -0.39 is 17.5 Å². The van der Waals surface area contributed by atoms with Gasteiger partial charge in [0.1, 0.15) is 11.0 Å². The topological polar surface area (TPSA) is 89.0 Å². The molecule has 2 unspecified atom stereocenters. The van der Waals surface area contributed by atoms with Crippen LogP contribution in [0.15, 0.2) is 29.3 Å². The number of halogens is 3. The van der Waals surface area contributed by atoms with E-state index >= 15 is 0 Å². The second kappa shape index (κ2) is 8.82. The van der Waals surface area contributed by atoms with Crippen molar-refractivity contribution in [2.45, 2.75) is 37.0 Å². The lowest BCUT2D eigenvalue weighted by molar-refractivity contribution is -0.274. The minimum absolute atomic E-state index is 0.0663. The minimum Gasteiger partial charge on any atom is -0.406 e. The number of thioether (sulfide) groups is 1. The Morgan fingerprint density at radius 3 is 2.75 bits per heavy atom. The molecule has 3 rings (SSSR count). The smallest absolute Gasteiger partial charge is 0.406 e. The lowest BCUT2D eigenvalue weighted by Crippen LogP contribution is -2.28. The molecule has 2 heterocycles. The Balaban J connectivity index is 1.47. The third-order valence-corrected chi connectivity index (χ3v) is 5.10. The van der Waals surface area contributed by atoms with Gasteiger partial charge < -0.3 is 20.1 Å². The highest BCUT2D eigenvalue weighted by atomic mass is 32.2. The average molecular weight is 417 g/mol. The normalized spacial score (nSPS) is 23.7. The Bertz CT molecular complexity index is 749. The lowest BCUT2D eigenvalue weighted by atomic mass is 10.2. The summed E-state index contributed by atoms with van der Waals surface area (Å²) < 4.78 is 45.7. The van der Waals surface area contributed by atoms with Gasteiger partial charge in [-0.25, -0.2) is 0 Å². The summed E-state index contributed by atoms with van der Waals surface area (Å²) in [6.07, 6.45) is -2.86. The van der Waals surface area contributed by atoms with Gasteiger partial charge in [0, 0.05) is 18.7 Å². The van der Waals surface area contributed by atoms with Gasteiger partial charge in [-0.3, -0.25) is 14.6 Å². The molecule has 2 saturated heterocycles. The summed E-state index contributed by atoms with van der Waals surface area (Å²) >= 11 is 1.18. The van der Waals surface area contributed by atoms with Crippen LogP contribution in [0.2, 0.25) is 0 Å². The van der Waals surface area contributed by atoms with Gasteiger partial charge in [-0.1, -0.05) is 11.8 Å². The maximum Gasteiger partial charge on any atom is 0.573 e. The SMILES string of the molecule is O=C(CC1SC(=NCC2CCCO2)NC1=O)Nc1ccc(OC(F)(F)F)cc1. The van der Waals surface area contributed by atoms with Gasteiger partial charge in [0.25, 0.3) is 0 Å². The number of hydrogen-bond acceptors (Lipinski definition) is 6. The summed E-state index contributed by atoms with van der Waals surface area (Å²) in [4.78, 5) is 28.4. The second-order valence-electron chi connectivity index (χ2n) is 6.20. The molecule has 0 aliphatic carbocycles. The van der Waals surface area contributed by atoms with Crippen LogP contribution in [0.1, 0.15) is 19.3 Å². The fourth-order valence-electron chi connectivity index (χ4n) is 2.71. The molecule has 28 heavy (non-hydrogen) atoms. The molecule has 0 saturated carbocycles. The second-order valence-corrected chi connectivity index (χ2v) is 7.39. The summed E-state index contributed by atoms with van der Waals surface area (Å²) in [5, 5.41) is 5.03. The largest absolute Gasteiger partial charge is 0.573 e. The Labute approximate surface area is 163 Å². The molecular formula is C17H18F3N3O4S. The third-order valence-electron chi connectivity index (χ3n) is 3.98. The molecule has 0 aromatic heterocycles. The average Bonchev–Trinajstić information content (AvgIpc) is 3.24. The molecule has 7 nitrogen and oxygen atoms in total. The summed E-state index contributed by atoms with van der Waals surface area (Å²) in [6.45, 7) is 1.19. The molecular weight excluding hydrogens is 399 g/mol. The number of amidine groups is 1. The Kier molecular flexibility index (Phi) is 6.45. The number of amides is 2. The zero-order valence-corrected chi connectivity index (χ0v) is 15.4. The molecule has 1 aromatic rings. The maximum absolute atomic E-state index is 12.1. The molecule has 0 spiro atoms. The van der Waals surface area contributed by atoms with E-state index in [1.54, 1.807) is 0 Å². The highest BCUT2D eigenvalue weighted by Gasteiger charge is 2.33. The number of alkyl halides is 3. The molecule has 2 atom stereocenters. The van der Waals surface area contributed by atoms with Crippen molar-refractivity contribution in [2.24, 2.45) is 4.99 Å². The van der Waals surface area contributed by atoms with Crippen LogP contribution in [0, 0.1) is 0 Å². The van der Waals surface area contributed by atoms with E-state index in [4.69, 9.17) is 4.74 Å². The fraction of sp³-hybridized carbons (Fsp3) is 0.471. The molecule has 0 bridgehead atoms. The van der Waals surface area contributed by atoms with Gasteiger partial charge in [0.2, 0.25) is 11.8 Å². The standard InChI is InChI=1S/C17H18F3N3O4S/c18-17(19,20)27-11-5-3-10(4-6-11)22-14(24)8-13-15(25)23-16(28-13)21-9-12-2-1-7-26-12/h3-6,12-13H,1-2,7-9H2,(H,22,24)(H,21,23,25). The molecule has 2 fully saturated rings. The van der Waals surface area contributed by atoms with Crippen LogP contribution in [0.5, 0.6) is 5.75 Å². The summed E-state index contributed by atoms with van der Waals surface area (Å²) in [5.74, 6) is -1.12. The zero-order valence-electron chi connectivity index (χ0n) is 14.6. The number of hydrogen-bond donors (Lipinski definition) is 2. The van der Waals surface area contributed by atoms with E-state index in [1.807, 2.05) is 0 Å². The van der Waals surface area contributed by atoms with Gasteiger partial charge in [-0.05, 0) is 37.1 Å². The predicted octanol–water partition coefficient (Wildman–Crippen LogP) is 2.68. The van der Waals surface area contributed by atoms with Crippen molar-refractivity contribution in [1.82, 2.24) is 5.32 Å². The van der Waals surface area contributed by atoms with E-state index in [9.17, 15) is 22.8 Å². The van der Waals surface area contributed by atoms with Gasteiger partial charge in [-0.2, -0.15) is 0 Å². The number of aliphatic imine (C=N–C) groups is 1. The van der Waals surface area contributed by atoms with E-state index in [-0.39, 0.29) is 24.2 Å². The van der Waals surface area contributed by atoms with Crippen LogP contribution in [0.3, 0.4) is 0 Å². The van der Waals surface area contributed by atoms with Crippen LogP contribution in [0.25, 0.3) is 0 Å². The van der Waals surface area contributed by atoms with Crippen molar-refractivity contribution >= 4 is 34.4 Å². The highest BCUT2D eigenvalue weighted by molar-refractivity contribution is 8.15. The number of anilines is 1. The number of carbonyl (C=O) groups is 2. The van der Waals surface area contributed by atoms with Gasteiger partial charge in [-0.15, -0.1) is 13.2 Å². The predicted molar refractivity (Wildman–Crippen MR) is 97.2 cm³/mol. The summed E-state index contributed by atoms with van der Waals surface area (Å²) in [5.41, 5.74) is 0.301. The Morgan fingerprint density at radius 2 is 2.11 bits per heavy atom. The van der Waals surface area contributed by atoms with E-state index in [2.05, 4.69) is 20.4 Å². The molecule has 1 aromatic carbocycles. The number of benzene rings is 1. The number of nitrogens with one attached hydrogen (secondary N) is 2. The van der Waals surface area contributed by atoms with Gasteiger partial charge in [0.05, 0.1) is 12.6 Å². The Morgan fingerprint density at radius 1 is 1.36 bits per heavy atom. The molecule has 11 heteroatoms. The monoisotopic (exact) mass is 417 g/mol. The van der Waals surface area contributed by atoms with Crippen molar-refractivity contribution in [1.29, 1.82) is 0 Å². The van der Waals surface area contributed by atoms with Crippen molar-refractivity contribution in [3.05, 3.63) is 24.3 Å². The maximum atomic E-state index is 12.1. The van der Waals surface area contributed by atoms with E-state index in [0.29, 0.717) is 17.4 Å². The number of nitrogens with zero attached hydrogens (tertiary/aromatic N) is 1. The molecule has 2 amide bonds. The number of rotatable bonds is 6. The van der Waals surface area contributed by atoms with Crippen LogP contribution < -0.4 is 15.4 Å². The fourth-order valence-corrected chi connectivity index (χ4v) is 3.69. The van der Waals surface area contributed by atoms with Gasteiger partial charge >= 0.3 is 6.36 Å². The minimum atomic E-state index is -4.78. The quantitative estimate of drug-likeness (QED) is 0.743. The highest BCUT2D eigenvalue weighted by Crippen LogP contribution is 2.26. The lowest BCUT2D eigenvalue weighted by Gasteiger charge is -2.10. The third kappa shape index (κ3) is 6.13. The Hall–Kier alpha value is -2.27. The molecule has 2 N–H and O–H groups in total. The molecule has 152 valence electrons. The van der Waals surface area contributed by atoms with Crippen LogP contribution in [0.4, 0.5) is 18.9 Å². The van der Waals surface area contributed by atoms with Crippen molar-refractivity contribution in [2.75, 3.05) is 18.5 Å². The summed E-state index contributed by atoms with van der Waals surface area (Å²) in [6, 6.07) is 4.76. The molecule has 2 aliphatic rings. The van der Waals surface area contributed by atoms with Crippen molar-refractivity contribution in [3.8, 4) is 5.75 Å². The molecule has 0 radical (unpaired) electrons. The van der Waals surface area contributed by atoms with E-state index in [0.717, 1.165) is 31.6 Å². The van der Waals surface area contributed by atoms with Crippen molar-refractivity contribution < 1.29 is 32.2 Å². The van der Waals surface area contributed by atoms with Crippen LogP contribution >= 0.6 is 11.8 Å². The van der Waals surface area contributed by atoms with Gasteiger partial charge in [0.15, 0.2) is 5.17 Å². The van der Waals surface area contributed by atoms with Crippen LogP contribution in [-0.2, 0) is 14.3 Å². The first-order chi connectivity index (χ1) is 13.3.